The average molecular weight is 436 g/mol. The third-order valence-electron chi connectivity index (χ3n) is 6.18. The largest absolute Gasteiger partial charge is 0.495 e. The van der Waals surface area contributed by atoms with E-state index in [1.54, 1.807) is 11.7 Å². The van der Waals surface area contributed by atoms with E-state index in [1.807, 2.05) is 24.3 Å². The van der Waals surface area contributed by atoms with Crippen molar-refractivity contribution in [1.29, 1.82) is 0 Å². The average Bonchev–Trinajstić information content (AvgIpc) is 3.17. The maximum Gasteiger partial charge on any atom is 0.347 e. The van der Waals surface area contributed by atoms with Crippen LogP contribution in [-0.4, -0.2) is 59.5 Å². The quantitative estimate of drug-likeness (QED) is 0.644. The van der Waals surface area contributed by atoms with E-state index >= 15 is 0 Å². The number of nitrogens with zero attached hydrogens (tertiary/aromatic N) is 4. The van der Waals surface area contributed by atoms with Crippen LogP contribution in [0, 0.1) is 0 Å². The number of anilines is 1. The van der Waals surface area contributed by atoms with Gasteiger partial charge in [0, 0.05) is 39.1 Å². The molecule has 0 bridgehead atoms. The van der Waals surface area contributed by atoms with Crippen molar-refractivity contribution in [2.24, 2.45) is 0 Å². The lowest BCUT2D eigenvalue weighted by Crippen LogP contribution is -2.47. The Kier molecular flexibility index (Phi) is 6.37. The van der Waals surface area contributed by atoms with Crippen molar-refractivity contribution < 1.29 is 4.74 Å². The van der Waals surface area contributed by atoms with Crippen LogP contribution in [0.25, 0.3) is 5.69 Å². The molecule has 1 aliphatic heterocycles. The SMILES string of the molecule is COc1ccccc1N1CCN(CCc2n[nH]c(=O)n2-c2ccc(C(C)(C)C)cc2)CC1. The van der Waals surface area contributed by atoms with Crippen molar-refractivity contribution in [3.05, 3.63) is 70.4 Å². The van der Waals surface area contributed by atoms with E-state index in [1.165, 1.54) is 5.56 Å². The fourth-order valence-electron chi connectivity index (χ4n) is 4.24. The van der Waals surface area contributed by atoms with Crippen LogP contribution in [-0.2, 0) is 11.8 Å². The fourth-order valence-corrected chi connectivity index (χ4v) is 4.24. The molecule has 4 rings (SSSR count). The lowest BCUT2D eigenvalue weighted by Gasteiger charge is -2.36. The van der Waals surface area contributed by atoms with E-state index in [-0.39, 0.29) is 11.1 Å². The Labute approximate surface area is 189 Å². The summed E-state index contributed by atoms with van der Waals surface area (Å²) in [7, 11) is 1.72. The predicted octanol–water partition coefficient (Wildman–Crippen LogP) is 3.23. The van der Waals surface area contributed by atoms with Gasteiger partial charge in [-0.15, -0.1) is 0 Å². The molecule has 7 heteroatoms. The van der Waals surface area contributed by atoms with Crippen LogP contribution in [0.3, 0.4) is 0 Å². The van der Waals surface area contributed by atoms with Gasteiger partial charge in [-0.2, -0.15) is 5.10 Å². The molecule has 0 saturated carbocycles. The zero-order valence-electron chi connectivity index (χ0n) is 19.5. The highest BCUT2D eigenvalue weighted by Gasteiger charge is 2.21. The first-order valence-corrected chi connectivity index (χ1v) is 11.2. The smallest absolute Gasteiger partial charge is 0.347 e. The highest BCUT2D eigenvalue weighted by Crippen LogP contribution is 2.28. The second-order valence-corrected chi connectivity index (χ2v) is 9.33. The summed E-state index contributed by atoms with van der Waals surface area (Å²) >= 11 is 0. The number of rotatable bonds is 6. The molecule has 0 spiro atoms. The van der Waals surface area contributed by atoms with Crippen LogP contribution in [0.15, 0.2) is 53.3 Å². The Bertz CT molecular complexity index is 1090. The molecule has 0 atom stereocenters. The van der Waals surface area contributed by atoms with Gasteiger partial charge in [0.25, 0.3) is 0 Å². The maximum atomic E-state index is 12.4. The van der Waals surface area contributed by atoms with Gasteiger partial charge in [-0.1, -0.05) is 45.0 Å². The highest BCUT2D eigenvalue weighted by molar-refractivity contribution is 5.58. The van der Waals surface area contributed by atoms with E-state index in [4.69, 9.17) is 4.74 Å². The molecule has 3 aromatic rings. The summed E-state index contributed by atoms with van der Waals surface area (Å²) in [5.74, 6) is 1.68. The van der Waals surface area contributed by atoms with Crippen LogP contribution in [0.2, 0.25) is 0 Å². The molecule has 0 aliphatic carbocycles. The molecule has 1 N–H and O–H groups in total. The number of piperazine rings is 1. The Morgan fingerprint density at radius 3 is 2.34 bits per heavy atom. The number of methoxy groups -OCH3 is 1. The monoisotopic (exact) mass is 435 g/mol. The number of benzene rings is 2. The number of aromatic nitrogens is 3. The number of hydrogen-bond donors (Lipinski definition) is 1. The lowest BCUT2D eigenvalue weighted by molar-refractivity contribution is 0.258. The second-order valence-electron chi connectivity index (χ2n) is 9.33. The van der Waals surface area contributed by atoms with Crippen molar-refractivity contribution in [3.8, 4) is 11.4 Å². The molecule has 32 heavy (non-hydrogen) atoms. The van der Waals surface area contributed by atoms with E-state index in [2.05, 4.69) is 65.0 Å². The molecule has 7 nitrogen and oxygen atoms in total. The molecule has 170 valence electrons. The Hall–Kier alpha value is -3.06. The summed E-state index contributed by atoms with van der Waals surface area (Å²) in [6.45, 7) is 11.2. The first-order valence-electron chi connectivity index (χ1n) is 11.2. The van der Waals surface area contributed by atoms with Crippen LogP contribution in [0.4, 0.5) is 5.69 Å². The van der Waals surface area contributed by atoms with Gasteiger partial charge in [-0.25, -0.2) is 14.5 Å². The topological polar surface area (TPSA) is 66.4 Å². The standard InChI is InChI=1S/C25H33N5O2/c1-25(2,3)19-9-11-20(12-10-19)30-23(26-27-24(30)31)13-14-28-15-17-29(18-16-28)21-7-5-6-8-22(21)32-4/h5-12H,13-18H2,1-4H3,(H,27,31). The van der Waals surface area contributed by atoms with Gasteiger partial charge in [0.15, 0.2) is 0 Å². The molecular weight excluding hydrogens is 402 g/mol. The van der Waals surface area contributed by atoms with Crippen molar-refractivity contribution in [1.82, 2.24) is 19.7 Å². The van der Waals surface area contributed by atoms with Gasteiger partial charge in [0.2, 0.25) is 0 Å². The minimum Gasteiger partial charge on any atom is -0.495 e. The van der Waals surface area contributed by atoms with Crippen LogP contribution < -0.4 is 15.3 Å². The second kappa shape index (κ2) is 9.20. The van der Waals surface area contributed by atoms with Gasteiger partial charge < -0.3 is 9.64 Å². The van der Waals surface area contributed by atoms with E-state index in [0.29, 0.717) is 6.42 Å². The molecular formula is C25H33N5O2. The van der Waals surface area contributed by atoms with Crippen LogP contribution in [0.5, 0.6) is 5.75 Å². The number of hydrogen-bond acceptors (Lipinski definition) is 5. The summed E-state index contributed by atoms with van der Waals surface area (Å²) in [5, 5.41) is 6.93. The molecule has 2 heterocycles. The van der Waals surface area contributed by atoms with Crippen molar-refractivity contribution >= 4 is 5.69 Å². The van der Waals surface area contributed by atoms with Crippen molar-refractivity contribution in [3.63, 3.8) is 0 Å². The van der Waals surface area contributed by atoms with E-state index < -0.39 is 0 Å². The number of ether oxygens (including phenoxy) is 1. The summed E-state index contributed by atoms with van der Waals surface area (Å²) < 4.78 is 7.21. The van der Waals surface area contributed by atoms with E-state index in [0.717, 1.165) is 55.7 Å². The minimum absolute atomic E-state index is 0.0780. The predicted molar refractivity (Wildman–Crippen MR) is 128 cm³/mol. The highest BCUT2D eigenvalue weighted by atomic mass is 16.5. The third-order valence-corrected chi connectivity index (χ3v) is 6.18. The zero-order valence-corrected chi connectivity index (χ0v) is 19.5. The van der Waals surface area contributed by atoms with E-state index in [9.17, 15) is 4.79 Å². The van der Waals surface area contributed by atoms with Crippen molar-refractivity contribution in [2.75, 3.05) is 44.7 Å². The lowest BCUT2D eigenvalue weighted by atomic mass is 9.87. The van der Waals surface area contributed by atoms with Gasteiger partial charge in [-0.05, 0) is 35.2 Å². The summed E-state index contributed by atoms with van der Waals surface area (Å²) in [6.07, 6.45) is 0.717. The molecule has 0 radical (unpaired) electrons. The summed E-state index contributed by atoms with van der Waals surface area (Å²) in [4.78, 5) is 17.2. The Morgan fingerprint density at radius 2 is 1.69 bits per heavy atom. The number of para-hydroxylation sites is 2. The summed E-state index contributed by atoms with van der Waals surface area (Å²) in [5.41, 5.74) is 3.13. The number of H-pyrrole nitrogens is 1. The van der Waals surface area contributed by atoms with Gasteiger partial charge in [0.1, 0.15) is 11.6 Å². The molecule has 0 unspecified atom stereocenters. The summed E-state index contributed by atoms with van der Waals surface area (Å²) in [6, 6.07) is 16.4. The molecule has 2 aromatic carbocycles. The molecule has 0 amide bonds. The maximum absolute atomic E-state index is 12.4. The normalized spacial score (nSPS) is 15.2. The van der Waals surface area contributed by atoms with Crippen LogP contribution in [0.1, 0.15) is 32.2 Å². The van der Waals surface area contributed by atoms with Gasteiger partial charge in [0.05, 0.1) is 18.5 Å². The van der Waals surface area contributed by atoms with Crippen molar-refractivity contribution in [2.45, 2.75) is 32.6 Å². The molecule has 1 saturated heterocycles. The number of aromatic amines is 1. The van der Waals surface area contributed by atoms with Gasteiger partial charge in [-0.3, -0.25) is 4.90 Å². The van der Waals surface area contributed by atoms with Crippen LogP contribution >= 0.6 is 0 Å². The molecule has 1 aliphatic rings. The molecule has 1 fully saturated rings. The molecule has 1 aromatic heterocycles. The Balaban J connectivity index is 1.39. The Morgan fingerprint density at radius 1 is 1.00 bits per heavy atom. The first-order chi connectivity index (χ1) is 15.4. The first kappa shape index (κ1) is 22.1. The number of nitrogens with one attached hydrogen (secondary N) is 1. The van der Waals surface area contributed by atoms with Gasteiger partial charge >= 0.3 is 5.69 Å². The third kappa shape index (κ3) is 4.72. The fraction of sp³-hybridized carbons (Fsp3) is 0.440. The zero-order chi connectivity index (χ0) is 22.7. The minimum atomic E-state index is -0.190.